The van der Waals surface area contributed by atoms with Gasteiger partial charge in [-0.3, -0.25) is 4.79 Å². The quantitative estimate of drug-likeness (QED) is 0.382. The third-order valence-corrected chi connectivity index (χ3v) is 4.80. The third kappa shape index (κ3) is 6.28. The molecule has 0 unspecified atom stereocenters. The van der Waals surface area contributed by atoms with Gasteiger partial charge in [0.2, 0.25) is 5.91 Å². The van der Waals surface area contributed by atoms with E-state index < -0.39 is 11.9 Å². The first-order chi connectivity index (χ1) is 14.8. The van der Waals surface area contributed by atoms with Gasteiger partial charge in [0.1, 0.15) is 5.75 Å². The average molecular weight is 481 g/mol. The van der Waals surface area contributed by atoms with Crippen molar-refractivity contribution >= 4 is 52.4 Å². The molecule has 9 heteroatoms. The van der Waals surface area contributed by atoms with Gasteiger partial charge in [-0.05, 0) is 42.5 Å². The van der Waals surface area contributed by atoms with Gasteiger partial charge in [-0.1, -0.05) is 46.9 Å². The van der Waals surface area contributed by atoms with Crippen molar-refractivity contribution in [2.24, 2.45) is 0 Å². The van der Waals surface area contributed by atoms with Crippen molar-refractivity contribution in [2.75, 3.05) is 11.9 Å². The zero-order chi connectivity index (χ0) is 22.4. The number of carboxylic acids is 1. The summed E-state index contributed by atoms with van der Waals surface area (Å²) in [5, 5.41) is 13.0. The molecule has 0 heterocycles. The molecule has 0 bridgehead atoms. The molecule has 0 aliphatic rings. The van der Waals surface area contributed by atoms with E-state index in [2.05, 4.69) is 5.32 Å². The number of carboxylic acid groups (broad SMARTS) is 1. The van der Waals surface area contributed by atoms with E-state index >= 15 is 0 Å². The lowest BCUT2D eigenvalue weighted by Crippen LogP contribution is -2.17. The number of benzene rings is 3. The Labute approximate surface area is 193 Å². The lowest BCUT2D eigenvalue weighted by atomic mass is 10.2. The largest absolute Gasteiger partial charge is 0.489 e. The van der Waals surface area contributed by atoms with Crippen molar-refractivity contribution in [1.82, 2.24) is 0 Å². The van der Waals surface area contributed by atoms with Crippen molar-refractivity contribution in [2.45, 2.75) is 6.42 Å². The Morgan fingerprint density at radius 1 is 0.871 bits per heavy atom. The molecule has 2 N–H and O–H groups in total. The number of anilines is 1. The zero-order valence-electron chi connectivity index (χ0n) is 15.9. The first-order valence-corrected chi connectivity index (χ1v) is 10.1. The summed E-state index contributed by atoms with van der Waals surface area (Å²) in [6.45, 7) is 0.00608. The van der Waals surface area contributed by atoms with E-state index in [1.165, 1.54) is 12.1 Å². The second kappa shape index (κ2) is 10.4. The molecule has 0 saturated carbocycles. The highest BCUT2D eigenvalue weighted by atomic mass is 35.5. The smallest absolute Gasteiger partial charge is 0.337 e. The molecule has 6 nitrogen and oxygen atoms in total. The van der Waals surface area contributed by atoms with Crippen LogP contribution in [0.5, 0.6) is 17.2 Å². The molecule has 31 heavy (non-hydrogen) atoms. The lowest BCUT2D eigenvalue weighted by Gasteiger charge is -2.14. The first-order valence-electron chi connectivity index (χ1n) is 9.01. The maximum Gasteiger partial charge on any atom is 0.337 e. The van der Waals surface area contributed by atoms with Gasteiger partial charge in [-0.15, -0.1) is 0 Å². The van der Waals surface area contributed by atoms with Crippen LogP contribution in [0.25, 0.3) is 0 Å². The van der Waals surface area contributed by atoms with Crippen molar-refractivity contribution in [3.05, 3.63) is 81.3 Å². The Morgan fingerprint density at radius 3 is 2.26 bits per heavy atom. The first kappa shape index (κ1) is 22.7. The van der Waals surface area contributed by atoms with Gasteiger partial charge in [0.15, 0.2) is 11.5 Å². The minimum atomic E-state index is -1.13. The summed E-state index contributed by atoms with van der Waals surface area (Å²) in [5.41, 5.74) is 0.214. The lowest BCUT2D eigenvalue weighted by molar-refractivity contribution is -0.116. The molecule has 0 fully saturated rings. The highest BCUT2D eigenvalue weighted by Gasteiger charge is 2.14. The fourth-order valence-corrected chi connectivity index (χ4v) is 3.21. The topological polar surface area (TPSA) is 84.9 Å². The molecular weight excluding hydrogens is 465 g/mol. The molecule has 0 aliphatic heterocycles. The fourth-order valence-electron chi connectivity index (χ4n) is 2.60. The van der Waals surface area contributed by atoms with Crippen LogP contribution in [-0.4, -0.2) is 23.6 Å². The summed E-state index contributed by atoms with van der Waals surface area (Å²) in [4.78, 5) is 23.5. The van der Waals surface area contributed by atoms with Gasteiger partial charge in [0, 0.05) is 16.1 Å². The van der Waals surface area contributed by atoms with Crippen molar-refractivity contribution in [1.29, 1.82) is 0 Å². The molecule has 0 aromatic heterocycles. The predicted octanol–water partition coefficient (Wildman–Crippen LogP) is 6.54. The van der Waals surface area contributed by atoms with E-state index in [0.29, 0.717) is 32.3 Å². The number of hydrogen-bond donors (Lipinski definition) is 2. The number of hydrogen-bond acceptors (Lipinski definition) is 4. The highest BCUT2D eigenvalue weighted by molar-refractivity contribution is 6.35. The summed E-state index contributed by atoms with van der Waals surface area (Å²) in [5.74, 6) is -0.489. The Kier molecular flexibility index (Phi) is 7.63. The summed E-state index contributed by atoms with van der Waals surface area (Å²) in [6, 6.07) is 15.7. The number of rotatable bonds is 8. The summed E-state index contributed by atoms with van der Waals surface area (Å²) in [6.07, 6.45) is -0.0262. The molecular formula is C22H16Cl3NO5. The number of halogens is 3. The van der Waals surface area contributed by atoms with Gasteiger partial charge < -0.3 is 19.9 Å². The third-order valence-electron chi connectivity index (χ3n) is 4.04. The van der Waals surface area contributed by atoms with Crippen molar-refractivity contribution in [3.63, 3.8) is 0 Å². The second-order valence-corrected chi connectivity index (χ2v) is 7.55. The molecule has 0 radical (unpaired) electrons. The van der Waals surface area contributed by atoms with Gasteiger partial charge in [0.25, 0.3) is 0 Å². The number of carbonyl (C=O) groups excluding carboxylic acids is 1. The Morgan fingerprint density at radius 2 is 1.55 bits per heavy atom. The van der Waals surface area contributed by atoms with E-state index in [0.717, 1.165) is 0 Å². The van der Waals surface area contributed by atoms with Crippen LogP contribution in [0.3, 0.4) is 0 Å². The Balaban J connectivity index is 1.64. The highest BCUT2D eigenvalue weighted by Crippen LogP contribution is 2.37. The van der Waals surface area contributed by atoms with Crippen LogP contribution < -0.4 is 14.8 Å². The maximum atomic E-state index is 12.2. The standard InChI is InChI=1S/C22H16Cl3NO5/c23-13-5-7-18(16(25)11-13)31-19-8-6-14(24)12-20(19)30-10-9-21(27)26-17-4-2-1-3-15(17)22(28)29/h1-8,11-12H,9-10H2,(H,26,27)(H,28,29). The van der Waals surface area contributed by atoms with E-state index in [4.69, 9.17) is 44.3 Å². The van der Waals surface area contributed by atoms with Crippen LogP contribution in [0.1, 0.15) is 16.8 Å². The average Bonchev–Trinajstić information content (AvgIpc) is 2.72. The van der Waals surface area contributed by atoms with Gasteiger partial charge >= 0.3 is 5.97 Å². The molecule has 0 spiro atoms. The summed E-state index contributed by atoms with van der Waals surface area (Å²) < 4.78 is 11.5. The number of amides is 1. The minimum Gasteiger partial charge on any atom is -0.489 e. The zero-order valence-corrected chi connectivity index (χ0v) is 18.2. The molecule has 1 amide bonds. The number of ether oxygens (including phenoxy) is 2. The Bertz CT molecular complexity index is 1120. The monoisotopic (exact) mass is 479 g/mol. The van der Waals surface area contributed by atoms with Crippen LogP contribution in [0.4, 0.5) is 5.69 Å². The molecule has 0 atom stereocenters. The van der Waals surface area contributed by atoms with E-state index in [9.17, 15) is 14.7 Å². The van der Waals surface area contributed by atoms with E-state index in [-0.39, 0.29) is 24.3 Å². The van der Waals surface area contributed by atoms with Crippen LogP contribution in [-0.2, 0) is 4.79 Å². The number of para-hydroxylation sites is 1. The van der Waals surface area contributed by atoms with Crippen LogP contribution in [0.2, 0.25) is 15.1 Å². The molecule has 3 rings (SSSR count). The number of carbonyl (C=O) groups is 2. The normalized spacial score (nSPS) is 10.4. The number of nitrogens with one attached hydrogen (secondary N) is 1. The van der Waals surface area contributed by atoms with Gasteiger partial charge in [0.05, 0.1) is 29.3 Å². The second-order valence-electron chi connectivity index (χ2n) is 6.27. The molecule has 3 aromatic rings. The van der Waals surface area contributed by atoms with Gasteiger partial charge in [-0.2, -0.15) is 0 Å². The molecule has 0 aliphatic carbocycles. The van der Waals surface area contributed by atoms with Crippen LogP contribution >= 0.6 is 34.8 Å². The maximum absolute atomic E-state index is 12.2. The van der Waals surface area contributed by atoms with E-state index in [1.807, 2.05) is 0 Å². The SMILES string of the molecule is O=C(CCOc1cc(Cl)ccc1Oc1ccc(Cl)cc1Cl)Nc1ccccc1C(=O)O. The molecule has 160 valence electrons. The van der Waals surface area contributed by atoms with Crippen LogP contribution in [0.15, 0.2) is 60.7 Å². The predicted molar refractivity (Wildman–Crippen MR) is 120 cm³/mol. The van der Waals surface area contributed by atoms with Crippen molar-refractivity contribution < 1.29 is 24.2 Å². The summed E-state index contributed by atoms with van der Waals surface area (Å²) in [7, 11) is 0. The number of aromatic carboxylic acids is 1. The minimum absolute atomic E-state index is 0.00198. The Hall–Kier alpha value is -2.93. The fraction of sp³-hybridized carbons (Fsp3) is 0.0909. The van der Waals surface area contributed by atoms with E-state index in [1.54, 1.807) is 48.5 Å². The van der Waals surface area contributed by atoms with Crippen molar-refractivity contribution in [3.8, 4) is 17.2 Å². The molecule has 3 aromatic carbocycles. The van der Waals surface area contributed by atoms with Gasteiger partial charge in [-0.25, -0.2) is 4.79 Å². The van der Waals surface area contributed by atoms with Crippen LogP contribution in [0, 0.1) is 0 Å². The molecule has 0 saturated heterocycles. The summed E-state index contributed by atoms with van der Waals surface area (Å²) >= 11 is 18.1.